The summed E-state index contributed by atoms with van der Waals surface area (Å²) >= 11 is 0. The maximum Gasteiger partial charge on any atom is 0.243 e. The smallest absolute Gasteiger partial charge is 0.243 e. The number of hydrogen-bond donors (Lipinski definition) is 4. The molecule has 38 heavy (non-hydrogen) atoms. The Labute approximate surface area is 222 Å². The lowest BCUT2D eigenvalue weighted by Crippen LogP contribution is -2.69. The minimum Gasteiger partial charge on any atom is -0.507 e. The Morgan fingerprint density at radius 2 is 1.82 bits per heavy atom. The number of nitrogens with one attached hydrogen (secondary N) is 1. The number of carbonyl (C=O) groups excluding carboxylic acids is 1. The lowest BCUT2D eigenvalue weighted by Gasteiger charge is -2.60. The summed E-state index contributed by atoms with van der Waals surface area (Å²) in [6.07, 6.45) is 3.31. The number of rotatable bonds is 3. The zero-order chi connectivity index (χ0) is 27.0. The van der Waals surface area contributed by atoms with Gasteiger partial charge < -0.3 is 30.1 Å². The average molecular weight is 522 g/mol. The van der Waals surface area contributed by atoms with E-state index in [1.54, 1.807) is 13.0 Å². The standard InChI is InChI=1S/C29H35N3O6/c1-6-7-21(33)30-11-20-23-17(25(34)15(4)27-28(23)38-12-37-27)10-18-24-22-16(8-13(2)14(3)26(22)35)9-19(31(24)5)29(36)32(18)20/h6-8,18-20,24,29,34-36H,9-12H2,1-5H3,(H,30,33)/b7-6+/t18?,19-,20-,24+,29-/m0/s1. The molecule has 0 aliphatic carbocycles. The Bertz CT molecular complexity index is 1370. The molecule has 202 valence electrons. The van der Waals surface area contributed by atoms with Gasteiger partial charge in [-0.2, -0.15) is 0 Å². The summed E-state index contributed by atoms with van der Waals surface area (Å²) in [4.78, 5) is 16.7. The van der Waals surface area contributed by atoms with E-state index < -0.39 is 12.3 Å². The molecule has 6 rings (SSSR count). The molecule has 2 aromatic rings. The quantitative estimate of drug-likeness (QED) is 0.456. The van der Waals surface area contributed by atoms with Crippen LogP contribution in [0.3, 0.4) is 0 Å². The minimum absolute atomic E-state index is 0.0452. The molecule has 9 nitrogen and oxygen atoms in total. The summed E-state index contributed by atoms with van der Waals surface area (Å²) in [5, 5.41) is 37.6. The highest BCUT2D eigenvalue weighted by molar-refractivity contribution is 5.87. The molecule has 4 aliphatic rings. The van der Waals surface area contributed by atoms with Gasteiger partial charge in [-0.1, -0.05) is 12.1 Å². The topological polar surface area (TPSA) is 115 Å². The van der Waals surface area contributed by atoms with Crippen molar-refractivity contribution in [3.05, 3.63) is 57.2 Å². The summed E-state index contributed by atoms with van der Waals surface area (Å²) in [7, 11) is 2.00. The van der Waals surface area contributed by atoms with E-state index in [1.807, 2.05) is 27.8 Å². The first kappa shape index (κ1) is 25.0. The van der Waals surface area contributed by atoms with E-state index in [-0.39, 0.29) is 43.1 Å². The van der Waals surface area contributed by atoms with Gasteiger partial charge in [-0.25, -0.2) is 0 Å². The van der Waals surface area contributed by atoms with Crippen LogP contribution in [-0.4, -0.2) is 69.7 Å². The van der Waals surface area contributed by atoms with Crippen molar-refractivity contribution in [2.24, 2.45) is 0 Å². The number of aliphatic hydroxyl groups is 1. The normalized spacial score (nSPS) is 27.7. The van der Waals surface area contributed by atoms with Crippen LogP contribution in [0.15, 0.2) is 18.2 Å². The molecule has 5 atom stereocenters. The number of allylic oxidation sites excluding steroid dienone is 1. The van der Waals surface area contributed by atoms with Crippen molar-refractivity contribution in [1.82, 2.24) is 15.1 Å². The summed E-state index contributed by atoms with van der Waals surface area (Å²) in [6, 6.07) is 0.928. The number of benzene rings is 2. The first-order valence-corrected chi connectivity index (χ1v) is 13.2. The van der Waals surface area contributed by atoms with Gasteiger partial charge in [0, 0.05) is 34.8 Å². The highest BCUT2D eigenvalue weighted by Crippen LogP contribution is 2.57. The van der Waals surface area contributed by atoms with Crippen molar-refractivity contribution < 1.29 is 29.6 Å². The van der Waals surface area contributed by atoms with Crippen LogP contribution in [0.25, 0.3) is 0 Å². The fraction of sp³-hybridized carbons (Fsp3) is 0.483. The molecular formula is C29H35N3O6. The van der Waals surface area contributed by atoms with Gasteiger partial charge in [0.2, 0.25) is 12.7 Å². The number of aryl methyl sites for hydroxylation is 1. The SMILES string of the molecule is C/C=C/C(=O)NC[C@H]1c2c(c(O)c(C)c3c2OCO3)CC2[C@@H]3c4c(cc(C)c(C)c4O)C[C@@H]([C@H](O)N21)N3C. The summed E-state index contributed by atoms with van der Waals surface area (Å²) in [6.45, 7) is 7.77. The van der Waals surface area contributed by atoms with Crippen molar-refractivity contribution in [2.45, 2.75) is 70.9 Å². The molecule has 1 unspecified atom stereocenters. The van der Waals surface area contributed by atoms with Gasteiger partial charge in [0.05, 0.1) is 18.1 Å². The third-order valence-electron chi connectivity index (χ3n) is 9.08. The van der Waals surface area contributed by atoms with Crippen molar-refractivity contribution in [1.29, 1.82) is 0 Å². The van der Waals surface area contributed by atoms with Crippen LogP contribution in [0.5, 0.6) is 23.0 Å². The number of phenolic OH excluding ortho intramolecular Hbond substituents is 2. The van der Waals surface area contributed by atoms with Gasteiger partial charge in [0.25, 0.3) is 0 Å². The lowest BCUT2D eigenvalue weighted by molar-refractivity contribution is -0.172. The Morgan fingerprint density at radius 1 is 1.08 bits per heavy atom. The number of nitrogens with zero attached hydrogens (tertiary/aromatic N) is 2. The van der Waals surface area contributed by atoms with Gasteiger partial charge in [-0.15, -0.1) is 0 Å². The second-order valence-electron chi connectivity index (χ2n) is 10.9. The number of ether oxygens (including phenoxy) is 2. The summed E-state index contributed by atoms with van der Waals surface area (Å²) < 4.78 is 11.7. The first-order valence-electron chi connectivity index (χ1n) is 13.2. The largest absolute Gasteiger partial charge is 0.507 e. The Kier molecular flexibility index (Phi) is 5.86. The molecule has 2 bridgehead atoms. The number of piperazine rings is 1. The third kappa shape index (κ3) is 3.38. The number of hydrogen-bond acceptors (Lipinski definition) is 8. The Hall–Kier alpha value is -3.27. The number of likely N-dealkylation sites (N-methyl/N-ethyl adjacent to an activating group) is 1. The fourth-order valence-electron chi connectivity index (χ4n) is 7.12. The van der Waals surface area contributed by atoms with E-state index in [0.29, 0.717) is 35.7 Å². The van der Waals surface area contributed by atoms with E-state index >= 15 is 0 Å². The first-order chi connectivity index (χ1) is 18.1. The van der Waals surface area contributed by atoms with E-state index in [1.165, 1.54) is 6.08 Å². The monoisotopic (exact) mass is 521 g/mol. The van der Waals surface area contributed by atoms with E-state index in [4.69, 9.17) is 9.47 Å². The van der Waals surface area contributed by atoms with Crippen molar-refractivity contribution in [2.75, 3.05) is 20.4 Å². The van der Waals surface area contributed by atoms with Crippen molar-refractivity contribution in [3.63, 3.8) is 0 Å². The van der Waals surface area contributed by atoms with Gasteiger partial charge in [0.1, 0.15) is 17.7 Å². The van der Waals surface area contributed by atoms with Crippen LogP contribution in [0, 0.1) is 20.8 Å². The molecular weight excluding hydrogens is 486 g/mol. The van der Waals surface area contributed by atoms with Gasteiger partial charge in [-0.3, -0.25) is 14.6 Å². The van der Waals surface area contributed by atoms with Crippen LogP contribution >= 0.6 is 0 Å². The summed E-state index contributed by atoms with van der Waals surface area (Å²) in [5.74, 6) is 1.27. The molecule has 4 N–H and O–H groups in total. The summed E-state index contributed by atoms with van der Waals surface area (Å²) in [5.41, 5.74) is 5.88. The minimum atomic E-state index is -0.851. The van der Waals surface area contributed by atoms with Crippen molar-refractivity contribution >= 4 is 5.91 Å². The second kappa shape index (κ2) is 8.90. The lowest BCUT2D eigenvalue weighted by atomic mass is 9.73. The molecule has 9 heteroatoms. The predicted molar refractivity (Wildman–Crippen MR) is 140 cm³/mol. The molecule has 1 amide bonds. The highest BCUT2D eigenvalue weighted by atomic mass is 16.7. The molecule has 0 radical (unpaired) electrons. The van der Waals surface area contributed by atoms with Crippen LogP contribution in [0.1, 0.15) is 58.0 Å². The zero-order valence-corrected chi connectivity index (χ0v) is 22.4. The van der Waals surface area contributed by atoms with Gasteiger partial charge in [-0.05, 0) is 70.4 Å². The number of amides is 1. The van der Waals surface area contributed by atoms with Crippen LogP contribution in [-0.2, 0) is 17.6 Å². The fourth-order valence-corrected chi connectivity index (χ4v) is 7.12. The number of aliphatic hydroxyl groups excluding tert-OH is 1. The van der Waals surface area contributed by atoms with E-state index in [0.717, 1.165) is 33.4 Å². The molecule has 0 aromatic heterocycles. The van der Waals surface area contributed by atoms with Crippen LogP contribution in [0.2, 0.25) is 0 Å². The number of fused-ring (bicyclic) bond motifs is 9. The molecule has 0 spiro atoms. The maximum absolute atomic E-state index is 12.5. The molecule has 4 aliphatic heterocycles. The molecule has 0 saturated carbocycles. The van der Waals surface area contributed by atoms with E-state index in [9.17, 15) is 20.1 Å². The Morgan fingerprint density at radius 3 is 2.55 bits per heavy atom. The van der Waals surface area contributed by atoms with Crippen LogP contribution in [0.4, 0.5) is 0 Å². The average Bonchev–Trinajstić information content (AvgIpc) is 3.37. The second-order valence-corrected chi connectivity index (χ2v) is 10.9. The van der Waals surface area contributed by atoms with Crippen molar-refractivity contribution in [3.8, 4) is 23.0 Å². The van der Waals surface area contributed by atoms with Gasteiger partial charge in [0.15, 0.2) is 11.5 Å². The molecule has 4 heterocycles. The Balaban J connectivity index is 1.55. The van der Waals surface area contributed by atoms with Crippen LogP contribution < -0.4 is 14.8 Å². The number of aromatic hydroxyl groups is 2. The molecule has 1 saturated heterocycles. The third-order valence-corrected chi connectivity index (χ3v) is 9.08. The number of carbonyl (C=O) groups is 1. The predicted octanol–water partition coefficient (Wildman–Crippen LogP) is 2.64. The molecule has 2 aromatic carbocycles. The maximum atomic E-state index is 12.5. The molecule has 1 fully saturated rings. The highest BCUT2D eigenvalue weighted by Gasteiger charge is 2.56. The van der Waals surface area contributed by atoms with Gasteiger partial charge >= 0.3 is 0 Å². The zero-order valence-electron chi connectivity index (χ0n) is 22.4. The number of phenols is 2. The van der Waals surface area contributed by atoms with E-state index in [2.05, 4.69) is 21.2 Å².